The summed E-state index contributed by atoms with van der Waals surface area (Å²) in [5.74, 6) is -1.38. The molecule has 212 valence electrons. The second-order valence-corrected chi connectivity index (χ2v) is 8.68. The Morgan fingerprint density at radius 2 is 1.80 bits per heavy atom. The van der Waals surface area contributed by atoms with Gasteiger partial charge in [-0.1, -0.05) is 0 Å². The van der Waals surface area contributed by atoms with Gasteiger partial charge in [-0.25, -0.2) is 23.8 Å². The fourth-order valence-electron chi connectivity index (χ4n) is 4.02. The van der Waals surface area contributed by atoms with E-state index < -0.39 is 59.7 Å². The molecule has 3 heterocycles. The normalized spacial score (nSPS) is 13.4. The van der Waals surface area contributed by atoms with Crippen LogP contribution in [0, 0.1) is 5.82 Å². The van der Waals surface area contributed by atoms with Gasteiger partial charge in [0.15, 0.2) is 11.6 Å². The molecule has 0 bridgehead atoms. The highest BCUT2D eigenvalue weighted by Crippen LogP contribution is 2.32. The second kappa shape index (κ2) is 11.3. The maximum absolute atomic E-state index is 14.9. The molecule has 4 aromatic rings. The number of ether oxygens (including phenoxy) is 1. The molecule has 1 aromatic carbocycles. The van der Waals surface area contributed by atoms with Gasteiger partial charge in [-0.05, 0) is 30.5 Å². The van der Waals surface area contributed by atoms with Gasteiger partial charge < -0.3 is 14.6 Å². The van der Waals surface area contributed by atoms with Crippen LogP contribution >= 0.6 is 0 Å². The maximum atomic E-state index is 14.9. The lowest BCUT2D eigenvalue weighted by Crippen LogP contribution is -2.30. The summed E-state index contributed by atoms with van der Waals surface area (Å²) in [5.41, 5.74) is -4.43. The smallest absolute Gasteiger partial charge is 0.423 e. The first-order chi connectivity index (χ1) is 18.8. The Balaban J connectivity index is 1.50. The largest absolute Gasteiger partial charge is 0.432 e. The number of aromatic nitrogens is 5. The number of hydrogen-bond donors (Lipinski definition) is 2. The van der Waals surface area contributed by atoms with Crippen molar-refractivity contribution in [3.63, 3.8) is 0 Å². The van der Waals surface area contributed by atoms with Crippen LogP contribution in [-0.4, -0.2) is 43.6 Å². The van der Waals surface area contributed by atoms with Crippen LogP contribution in [0.3, 0.4) is 0 Å². The van der Waals surface area contributed by atoms with Crippen molar-refractivity contribution in [2.24, 2.45) is 0 Å². The van der Waals surface area contributed by atoms with E-state index in [9.17, 15) is 40.3 Å². The van der Waals surface area contributed by atoms with Crippen molar-refractivity contribution >= 4 is 16.5 Å². The fraction of sp³-hybridized carbons (Fsp3) is 0.292. The molecule has 2 N–H and O–H groups in total. The predicted octanol–water partition coefficient (Wildman–Crippen LogP) is 4.53. The Labute approximate surface area is 219 Å². The third-order valence-electron chi connectivity index (χ3n) is 5.70. The van der Waals surface area contributed by atoms with E-state index in [1.807, 2.05) is 0 Å². The molecule has 40 heavy (non-hydrogen) atoms. The van der Waals surface area contributed by atoms with Gasteiger partial charge in [0, 0.05) is 18.7 Å². The van der Waals surface area contributed by atoms with E-state index in [1.54, 1.807) is 5.10 Å². The number of pyridine rings is 1. The van der Waals surface area contributed by atoms with Crippen molar-refractivity contribution in [3.05, 3.63) is 75.1 Å². The van der Waals surface area contributed by atoms with Gasteiger partial charge in [0.1, 0.15) is 17.6 Å². The number of hydrogen-bond acceptors (Lipinski definition) is 7. The van der Waals surface area contributed by atoms with Crippen LogP contribution in [0.25, 0.3) is 22.2 Å². The number of aromatic amines is 1. The van der Waals surface area contributed by atoms with Crippen molar-refractivity contribution in [3.8, 4) is 17.1 Å². The number of nitrogens with zero attached hydrogens (tertiary/aromatic N) is 4. The minimum Gasteiger partial charge on any atom is -0.432 e. The van der Waals surface area contributed by atoms with Gasteiger partial charge in [-0.3, -0.25) is 9.59 Å². The van der Waals surface area contributed by atoms with Gasteiger partial charge in [-0.15, -0.1) is 0 Å². The average Bonchev–Trinajstić information content (AvgIpc) is 2.85. The summed E-state index contributed by atoms with van der Waals surface area (Å²) in [5, 5.41) is 7.63. The van der Waals surface area contributed by atoms with Gasteiger partial charge in [0.25, 0.3) is 11.1 Å². The summed E-state index contributed by atoms with van der Waals surface area (Å²) in [7, 11) is 0. The van der Waals surface area contributed by atoms with Crippen LogP contribution in [0.4, 0.5) is 36.4 Å². The van der Waals surface area contributed by atoms with Crippen LogP contribution in [0.5, 0.6) is 5.75 Å². The number of alkyl halides is 6. The first-order valence-electron chi connectivity index (χ1n) is 11.5. The van der Waals surface area contributed by atoms with Crippen molar-refractivity contribution in [1.82, 2.24) is 24.7 Å². The molecule has 0 spiro atoms. The average molecular weight is 572 g/mol. The Bertz CT molecular complexity index is 1620. The molecule has 9 nitrogen and oxygen atoms in total. The quantitative estimate of drug-likeness (QED) is 0.283. The number of halogens is 7. The zero-order valence-corrected chi connectivity index (χ0v) is 20.3. The minimum atomic E-state index is -4.97. The van der Waals surface area contributed by atoms with E-state index in [2.05, 4.69) is 25.1 Å². The Kier molecular flexibility index (Phi) is 8.06. The van der Waals surface area contributed by atoms with Gasteiger partial charge >= 0.3 is 12.8 Å². The second-order valence-electron chi connectivity index (χ2n) is 8.68. The zero-order chi connectivity index (χ0) is 29.2. The molecule has 0 fully saturated rings. The number of H-pyrrole nitrogens is 1. The predicted molar refractivity (Wildman–Crippen MR) is 128 cm³/mol. The number of fused-ring (bicyclic) bond motifs is 1. The summed E-state index contributed by atoms with van der Waals surface area (Å²) in [6.07, 6.45) is -3.13. The lowest BCUT2D eigenvalue weighted by atomic mass is 10.1. The van der Waals surface area contributed by atoms with Crippen LogP contribution in [0.1, 0.15) is 18.9 Å². The maximum Gasteiger partial charge on any atom is 0.423 e. The number of nitrogens with one attached hydrogen (secondary N) is 2. The summed E-state index contributed by atoms with van der Waals surface area (Å²) < 4.78 is 99.1. The van der Waals surface area contributed by atoms with E-state index in [0.29, 0.717) is 0 Å². The van der Waals surface area contributed by atoms with E-state index >= 15 is 0 Å². The third-order valence-corrected chi connectivity index (χ3v) is 5.70. The fourth-order valence-corrected chi connectivity index (χ4v) is 4.02. The van der Waals surface area contributed by atoms with Crippen LogP contribution in [-0.2, 0) is 12.7 Å². The number of benzene rings is 1. The molecule has 0 unspecified atom stereocenters. The van der Waals surface area contributed by atoms with Crippen molar-refractivity contribution in [2.45, 2.75) is 44.9 Å². The lowest BCUT2D eigenvalue weighted by Gasteiger charge is -2.20. The molecule has 2 atom stereocenters. The molecular formula is C24H19F7N6O3. The first-order valence-corrected chi connectivity index (χ1v) is 11.5. The molecule has 3 aromatic heterocycles. The highest BCUT2D eigenvalue weighted by atomic mass is 19.4. The Hall–Kier alpha value is -4.50. The summed E-state index contributed by atoms with van der Waals surface area (Å²) in [6, 6.07) is 2.70. The molecule has 0 aliphatic heterocycles. The highest BCUT2D eigenvalue weighted by Gasteiger charge is 2.37. The van der Waals surface area contributed by atoms with Gasteiger partial charge in [0.2, 0.25) is 0 Å². The van der Waals surface area contributed by atoms with Gasteiger partial charge in [-0.2, -0.15) is 27.1 Å². The summed E-state index contributed by atoms with van der Waals surface area (Å²) in [4.78, 5) is 32.1. The zero-order valence-electron chi connectivity index (χ0n) is 20.3. The lowest BCUT2D eigenvalue weighted by molar-refractivity contribution is -0.138. The van der Waals surface area contributed by atoms with Crippen LogP contribution in [0.15, 0.2) is 52.6 Å². The van der Waals surface area contributed by atoms with Crippen LogP contribution < -0.4 is 21.2 Å². The highest BCUT2D eigenvalue weighted by molar-refractivity contribution is 5.86. The first kappa shape index (κ1) is 28.5. The monoisotopic (exact) mass is 572 g/mol. The van der Waals surface area contributed by atoms with Gasteiger partial charge in [0.05, 0.1) is 41.8 Å². The standard InChI is InChI=1S/C24H19F7N6O3/c1-11(35-18-9-34-36-21(38)19(18)24(29,30)31)4-13(25)10-37-3-2-12-5-16(17(26)6-15(12)22(37)39)20-32-7-14(8-33-20)40-23(27)28/h2-3,5-9,11,13,23H,4,10H2,1H3,(H2,35,36,38)/t11-,13+/m1/s1. The summed E-state index contributed by atoms with van der Waals surface area (Å²) in [6.45, 7) is -2.19. The van der Waals surface area contributed by atoms with Crippen LogP contribution in [0.2, 0.25) is 0 Å². The van der Waals surface area contributed by atoms with E-state index in [0.717, 1.165) is 29.2 Å². The molecule has 0 aliphatic rings. The number of rotatable bonds is 9. The molecule has 4 rings (SSSR count). The minimum absolute atomic E-state index is 0.0934. The molecule has 0 amide bonds. The molecule has 0 saturated carbocycles. The van der Waals surface area contributed by atoms with Crippen molar-refractivity contribution in [2.75, 3.05) is 5.32 Å². The molecule has 0 saturated heterocycles. The SMILES string of the molecule is C[C@H](C[C@H](F)Cn1ccc2cc(-c3ncc(OC(F)F)cn3)c(F)cc2c1=O)Nc1cn[nH]c(=O)c1C(F)(F)F. The molecular weight excluding hydrogens is 553 g/mol. The molecule has 0 aliphatic carbocycles. The van der Waals surface area contributed by atoms with E-state index in [4.69, 9.17) is 0 Å². The topological polar surface area (TPSA) is 115 Å². The number of anilines is 1. The Morgan fingerprint density at radius 1 is 1.10 bits per heavy atom. The van der Waals surface area contributed by atoms with Crippen molar-refractivity contribution < 1.29 is 35.5 Å². The molecule has 16 heteroatoms. The Morgan fingerprint density at radius 3 is 2.45 bits per heavy atom. The molecule has 0 radical (unpaired) electrons. The third kappa shape index (κ3) is 6.38. The van der Waals surface area contributed by atoms with E-state index in [-0.39, 0.29) is 34.3 Å². The summed E-state index contributed by atoms with van der Waals surface area (Å²) >= 11 is 0. The van der Waals surface area contributed by atoms with Crippen molar-refractivity contribution in [1.29, 1.82) is 0 Å². The van der Waals surface area contributed by atoms with E-state index in [1.165, 1.54) is 25.3 Å².